The Morgan fingerprint density at radius 3 is 2.00 bits per heavy atom. The zero-order chi connectivity index (χ0) is 3.58. The predicted octanol–water partition coefficient (Wildman–Crippen LogP) is -0.151. The predicted molar refractivity (Wildman–Crippen MR) is 13.0 cm³/mol. The highest BCUT2D eigenvalue weighted by Crippen LogP contribution is 1.46. The van der Waals surface area contributed by atoms with Crippen molar-refractivity contribution in [3.05, 3.63) is 0 Å². The standard InChI is InChI=1S/CH3FN2/c2-1(3)4/h(H3,3,4). The largest absolute Gasteiger partial charge is 0.360 e. The van der Waals surface area contributed by atoms with E-state index in [1.165, 1.54) is 0 Å². The average molecular weight is 62.0 g/mol. The van der Waals surface area contributed by atoms with Gasteiger partial charge in [-0.25, -0.2) is 0 Å². The Bertz CT molecular complexity index is 29.0. The lowest BCUT2D eigenvalue weighted by Crippen LogP contribution is -1.98. The highest BCUT2D eigenvalue weighted by molar-refractivity contribution is 5.65. The minimum absolute atomic E-state index is 1.33. The van der Waals surface area contributed by atoms with Crippen molar-refractivity contribution in [3.8, 4) is 0 Å². The summed E-state index contributed by atoms with van der Waals surface area (Å²) in [7, 11) is 0. The molecule has 3 heteroatoms. The molecule has 4 heavy (non-hydrogen) atoms. The van der Waals surface area contributed by atoms with Gasteiger partial charge in [0.25, 0.3) is 6.09 Å². The maximum Gasteiger partial charge on any atom is 0.272 e. The second-order valence-electron chi connectivity index (χ2n) is 0.348. The fourth-order valence-corrected chi connectivity index (χ4v) is 0. The lowest BCUT2D eigenvalue weighted by atomic mass is 11.3. The number of halogens is 1. The first-order valence-electron chi connectivity index (χ1n) is 0.728. The highest BCUT2D eigenvalue weighted by atomic mass is 19.1. The molecule has 0 aromatic rings. The maximum absolute atomic E-state index is 10.4. The molecular formula is CH3FN2. The molecule has 0 atom stereocenters. The Morgan fingerprint density at radius 2 is 2.00 bits per heavy atom. The van der Waals surface area contributed by atoms with E-state index in [2.05, 4.69) is 5.73 Å². The van der Waals surface area contributed by atoms with Crippen LogP contribution in [-0.4, -0.2) is 6.09 Å². The summed E-state index contributed by atoms with van der Waals surface area (Å²) in [5, 5.41) is 5.61. The molecule has 0 heterocycles. The third kappa shape index (κ3) is 0.622. The zero-order valence-electron chi connectivity index (χ0n) is 1.96. The van der Waals surface area contributed by atoms with Gasteiger partial charge in [-0.1, -0.05) is 0 Å². The van der Waals surface area contributed by atoms with Crippen molar-refractivity contribution < 1.29 is 4.39 Å². The van der Waals surface area contributed by atoms with E-state index >= 15 is 0 Å². The third-order valence-corrected chi connectivity index (χ3v) is 0. The summed E-state index contributed by atoms with van der Waals surface area (Å²) >= 11 is 0. The summed E-state index contributed by atoms with van der Waals surface area (Å²) in [5.41, 5.74) is 4.03. The first kappa shape index (κ1) is 3.40. The van der Waals surface area contributed by atoms with Gasteiger partial charge in [0.05, 0.1) is 0 Å². The van der Waals surface area contributed by atoms with Crippen molar-refractivity contribution in [1.29, 1.82) is 5.41 Å². The smallest absolute Gasteiger partial charge is 0.272 e. The Hall–Kier alpha value is -0.600. The SMILES string of the molecule is N=C(N)F. The molecule has 0 aromatic heterocycles. The van der Waals surface area contributed by atoms with E-state index in [1.807, 2.05) is 0 Å². The first-order valence-corrected chi connectivity index (χ1v) is 0.728. The molecule has 0 aliphatic heterocycles. The van der Waals surface area contributed by atoms with E-state index in [0.717, 1.165) is 0 Å². The van der Waals surface area contributed by atoms with E-state index in [-0.39, 0.29) is 0 Å². The van der Waals surface area contributed by atoms with Gasteiger partial charge in [-0.15, -0.1) is 0 Å². The molecule has 0 saturated heterocycles. The highest BCUT2D eigenvalue weighted by Gasteiger charge is 1.61. The number of hydrogen-bond donors (Lipinski definition) is 2. The van der Waals surface area contributed by atoms with Crippen LogP contribution >= 0.6 is 0 Å². The minimum atomic E-state index is -1.33. The summed E-state index contributed by atoms with van der Waals surface area (Å²) in [6, 6.07) is 0. The normalized spacial score (nSPS) is 6.25. The van der Waals surface area contributed by atoms with Crippen LogP contribution < -0.4 is 5.73 Å². The number of nitrogens with one attached hydrogen (secondary N) is 1. The van der Waals surface area contributed by atoms with Crippen molar-refractivity contribution >= 4 is 6.09 Å². The molecule has 0 unspecified atom stereocenters. The summed E-state index contributed by atoms with van der Waals surface area (Å²) < 4.78 is 10.4. The number of hydrogen-bond acceptors (Lipinski definition) is 1. The molecule has 24 valence electrons. The van der Waals surface area contributed by atoms with Crippen LogP contribution in [0.25, 0.3) is 0 Å². The molecule has 0 rings (SSSR count). The zero-order valence-corrected chi connectivity index (χ0v) is 1.96. The Balaban J connectivity index is 2.80. The van der Waals surface area contributed by atoms with Crippen LogP contribution in [0.1, 0.15) is 0 Å². The summed E-state index contributed by atoms with van der Waals surface area (Å²) in [6.07, 6.45) is -1.33. The molecule has 3 N–H and O–H groups in total. The summed E-state index contributed by atoms with van der Waals surface area (Å²) in [5.74, 6) is 0. The molecule has 0 aliphatic rings. The second kappa shape index (κ2) is 0.817. The molecule has 0 bridgehead atoms. The van der Waals surface area contributed by atoms with Crippen molar-refractivity contribution in [2.45, 2.75) is 0 Å². The minimum Gasteiger partial charge on any atom is -0.360 e. The van der Waals surface area contributed by atoms with Gasteiger partial charge in [0.15, 0.2) is 0 Å². The fraction of sp³-hybridized carbons (Fsp3) is 0. The molecule has 0 amide bonds. The fourth-order valence-electron chi connectivity index (χ4n) is 0. The van der Waals surface area contributed by atoms with E-state index in [0.29, 0.717) is 0 Å². The van der Waals surface area contributed by atoms with Crippen LogP contribution in [0.5, 0.6) is 0 Å². The maximum atomic E-state index is 10.4. The first-order chi connectivity index (χ1) is 1.73. The van der Waals surface area contributed by atoms with Crippen LogP contribution in [0.3, 0.4) is 0 Å². The van der Waals surface area contributed by atoms with Gasteiger partial charge >= 0.3 is 0 Å². The van der Waals surface area contributed by atoms with Crippen LogP contribution in [0.4, 0.5) is 4.39 Å². The van der Waals surface area contributed by atoms with Crippen molar-refractivity contribution in [2.24, 2.45) is 5.73 Å². The van der Waals surface area contributed by atoms with E-state index in [4.69, 9.17) is 5.41 Å². The van der Waals surface area contributed by atoms with Gasteiger partial charge in [0, 0.05) is 0 Å². The Labute approximate surface area is 22.9 Å². The Kier molecular flexibility index (Phi) is 0.694. The van der Waals surface area contributed by atoms with Gasteiger partial charge in [-0.3, -0.25) is 5.41 Å². The molecule has 0 saturated carbocycles. The van der Waals surface area contributed by atoms with Crippen molar-refractivity contribution in [1.82, 2.24) is 0 Å². The third-order valence-electron chi connectivity index (χ3n) is 0. The monoisotopic (exact) mass is 62.0 g/mol. The van der Waals surface area contributed by atoms with Crippen molar-refractivity contribution in [2.75, 3.05) is 0 Å². The van der Waals surface area contributed by atoms with Crippen LogP contribution in [0.2, 0.25) is 0 Å². The molecule has 0 aromatic carbocycles. The quantitative estimate of drug-likeness (QED) is 0.229. The number of amidine groups is 1. The molecule has 0 radical (unpaired) electrons. The lowest BCUT2D eigenvalue weighted by Gasteiger charge is -1.60. The van der Waals surface area contributed by atoms with Crippen LogP contribution in [0.15, 0.2) is 0 Å². The summed E-state index contributed by atoms with van der Waals surface area (Å²) in [6.45, 7) is 0. The molecule has 2 nitrogen and oxygen atoms in total. The lowest BCUT2D eigenvalue weighted by molar-refractivity contribution is 0.780. The number of rotatable bonds is 0. The molecule has 0 spiro atoms. The van der Waals surface area contributed by atoms with Crippen LogP contribution in [-0.2, 0) is 0 Å². The van der Waals surface area contributed by atoms with Gasteiger partial charge in [0.2, 0.25) is 0 Å². The van der Waals surface area contributed by atoms with Gasteiger partial charge in [0.1, 0.15) is 0 Å². The van der Waals surface area contributed by atoms with Gasteiger partial charge in [-0.05, 0) is 0 Å². The topological polar surface area (TPSA) is 49.9 Å². The molecule has 0 fully saturated rings. The molecular weight excluding hydrogens is 59.0 g/mol. The van der Waals surface area contributed by atoms with E-state index in [9.17, 15) is 4.39 Å². The van der Waals surface area contributed by atoms with E-state index < -0.39 is 6.09 Å². The second-order valence-corrected chi connectivity index (χ2v) is 0.348. The van der Waals surface area contributed by atoms with Crippen molar-refractivity contribution in [3.63, 3.8) is 0 Å². The van der Waals surface area contributed by atoms with E-state index in [1.54, 1.807) is 0 Å². The number of nitrogens with two attached hydrogens (primary N) is 1. The van der Waals surface area contributed by atoms with Gasteiger partial charge in [-0.2, -0.15) is 4.39 Å². The molecule has 0 aliphatic carbocycles. The average Bonchev–Trinajstić information content (AvgIpc) is 0.811. The van der Waals surface area contributed by atoms with Crippen LogP contribution in [0, 0.1) is 5.41 Å². The van der Waals surface area contributed by atoms with Gasteiger partial charge < -0.3 is 5.73 Å². The Morgan fingerprint density at radius 1 is 2.00 bits per heavy atom. The summed E-state index contributed by atoms with van der Waals surface area (Å²) in [4.78, 5) is 0.